The van der Waals surface area contributed by atoms with E-state index in [0.29, 0.717) is 6.42 Å². The van der Waals surface area contributed by atoms with Crippen LogP contribution in [-0.2, 0) is 9.59 Å². The lowest BCUT2D eigenvalue weighted by molar-refractivity contribution is -0.124. The van der Waals surface area contributed by atoms with Crippen LogP contribution in [0.3, 0.4) is 0 Å². The molecule has 2 heterocycles. The maximum Gasteiger partial charge on any atom is 0.234 e. The van der Waals surface area contributed by atoms with E-state index in [9.17, 15) is 9.59 Å². The Balaban J connectivity index is 0.000000151. The lowest BCUT2D eigenvalue weighted by Gasteiger charge is -2.02. The van der Waals surface area contributed by atoms with Gasteiger partial charge in [-0.1, -0.05) is 0 Å². The molecule has 0 aliphatic carbocycles. The van der Waals surface area contributed by atoms with E-state index >= 15 is 0 Å². The van der Waals surface area contributed by atoms with Gasteiger partial charge in [0.2, 0.25) is 11.8 Å². The van der Waals surface area contributed by atoms with Gasteiger partial charge in [-0.2, -0.15) is 0 Å². The van der Waals surface area contributed by atoms with Crippen molar-refractivity contribution in [3.8, 4) is 0 Å². The summed E-state index contributed by atoms with van der Waals surface area (Å²) in [5, 5.41) is 0. The maximum atomic E-state index is 10.6. The second kappa shape index (κ2) is 5.86. The first-order chi connectivity index (χ1) is 7.00. The van der Waals surface area contributed by atoms with Crippen molar-refractivity contribution < 1.29 is 9.59 Å². The minimum Gasteiger partial charge on any atom is -0.289 e. The van der Waals surface area contributed by atoms with Crippen molar-refractivity contribution in [2.45, 2.75) is 17.6 Å². The third kappa shape index (κ3) is 4.12. The van der Waals surface area contributed by atoms with Crippen LogP contribution in [0, 0.1) is 0 Å². The summed E-state index contributed by atoms with van der Waals surface area (Å²) >= 11 is 8.57. The summed E-state index contributed by atoms with van der Waals surface area (Å²) in [5.41, 5.74) is 0. The Morgan fingerprint density at radius 3 is 2.07 bits per heavy atom. The number of halogens is 1. The molecule has 0 radical (unpaired) electrons. The predicted octanol–water partition coefficient (Wildman–Crippen LogP) is 1.56. The number of hydrogen-bond donors (Lipinski definition) is 0. The summed E-state index contributed by atoms with van der Waals surface area (Å²) in [7, 11) is 3.54. The summed E-state index contributed by atoms with van der Waals surface area (Å²) < 4.78 is 3.21. The molecule has 0 N–H and O–H groups in total. The average molecular weight is 269 g/mol. The highest BCUT2D eigenvalue weighted by Crippen LogP contribution is 2.29. The van der Waals surface area contributed by atoms with Crippen molar-refractivity contribution in [2.75, 3.05) is 19.8 Å². The zero-order chi connectivity index (χ0) is 11.4. The molecule has 0 aromatic heterocycles. The third-order valence-corrected chi connectivity index (χ3v) is 4.20. The third-order valence-electron chi connectivity index (χ3n) is 1.91. The first-order valence-electron chi connectivity index (χ1n) is 4.47. The molecule has 4 nitrogen and oxygen atoms in total. The monoisotopic (exact) mass is 268 g/mol. The molecule has 2 rings (SSSR count). The molecule has 1 atom stereocenters. The fourth-order valence-corrected chi connectivity index (χ4v) is 3.05. The Morgan fingerprint density at radius 1 is 1.27 bits per heavy atom. The van der Waals surface area contributed by atoms with E-state index in [2.05, 4.69) is 0 Å². The van der Waals surface area contributed by atoms with Crippen LogP contribution >= 0.6 is 35.5 Å². The quantitative estimate of drug-likeness (QED) is 0.494. The first kappa shape index (κ1) is 13.0. The summed E-state index contributed by atoms with van der Waals surface area (Å²) in [4.78, 5) is 21.1. The van der Waals surface area contributed by atoms with Crippen molar-refractivity contribution in [3.63, 3.8) is 0 Å². The van der Waals surface area contributed by atoms with Gasteiger partial charge in [0.15, 0.2) is 0 Å². The molecule has 2 aliphatic rings. The van der Waals surface area contributed by atoms with Crippen LogP contribution in [0.25, 0.3) is 0 Å². The molecule has 2 amide bonds. The van der Waals surface area contributed by atoms with Crippen LogP contribution in [0.15, 0.2) is 0 Å². The van der Waals surface area contributed by atoms with E-state index in [1.807, 2.05) is 0 Å². The van der Waals surface area contributed by atoms with Crippen molar-refractivity contribution in [3.05, 3.63) is 0 Å². The van der Waals surface area contributed by atoms with Crippen molar-refractivity contribution in [1.82, 2.24) is 8.61 Å². The number of carbonyl (C=O) groups excluding carboxylic acids is 2. The molecular formula is C8H13ClN2O2S2. The predicted molar refractivity (Wildman–Crippen MR) is 64.5 cm³/mol. The van der Waals surface area contributed by atoms with Crippen LogP contribution < -0.4 is 0 Å². The van der Waals surface area contributed by atoms with Crippen LogP contribution in [0.4, 0.5) is 0 Å². The smallest absolute Gasteiger partial charge is 0.234 e. The first-order valence-corrected chi connectivity index (χ1v) is 6.69. The van der Waals surface area contributed by atoms with E-state index in [4.69, 9.17) is 11.6 Å². The Hall–Kier alpha value is -0.0700. The second-order valence-electron chi connectivity index (χ2n) is 3.09. The fraction of sp³-hybridized carbons (Fsp3) is 0.750. The number of amides is 2. The van der Waals surface area contributed by atoms with Gasteiger partial charge in [0, 0.05) is 26.3 Å². The number of nitrogens with zero attached hydrogens (tertiary/aromatic N) is 2. The Bertz CT molecular complexity index is 265. The largest absolute Gasteiger partial charge is 0.289 e. The average Bonchev–Trinajstić information content (AvgIpc) is 2.63. The van der Waals surface area contributed by atoms with Crippen molar-refractivity contribution >= 4 is 47.3 Å². The molecule has 0 aromatic carbocycles. The van der Waals surface area contributed by atoms with E-state index < -0.39 is 0 Å². The van der Waals surface area contributed by atoms with Gasteiger partial charge in [-0.05, 0) is 23.9 Å². The standard InChI is InChI=1S/C4H6ClNOS.C4H7NOS/c1-6-4(7)2-3(5)8-6;1-5-4(6)2-3-7-5/h3H,2H2,1H3;2-3H2,1H3. The molecule has 86 valence electrons. The number of alkyl halides is 1. The molecule has 0 spiro atoms. The van der Waals surface area contributed by atoms with Crippen LogP contribution in [0.2, 0.25) is 0 Å². The number of hydrogen-bond acceptors (Lipinski definition) is 4. The molecule has 15 heavy (non-hydrogen) atoms. The van der Waals surface area contributed by atoms with Crippen molar-refractivity contribution in [2.24, 2.45) is 0 Å². The van der Waals surface area contributed by atoms with Crippen molar-refractivity contribution in [1.29, 1.82) is 0 Å². The minimum absolute atomic E-state index is 0.0347. The van der Waals surface area contributed by atoms with E-state index in [1.54, 1.807) is 34.7 Å². The van der Waals surface area contributed by atoms with Crippen LogP contribution in [0.5, 0.6) is 0 Å². The zero-order valence-corrected chi connectivity index (χ0v) is 11.0. The van der Waals surface area contributed by atoms with Gasteiger partial charge in [-0.15, -0.1) is 11.6 Å². The van der Waals surface area contributed by atoms with Crippen LogP contribution in [-0.4, -0.2) is 45.0 Å². The lowest BCUT2D eigenvalue weighted by Crippen LogP contribution is -2.10. The summed E-state index contributed by atoms with van der Waals surface area (Å²) in [6.07, 6.45) is 1.20. The highest BCUT2D eigenvalue weighted by atomic mass is 35.5. The lowest BCUT2D eigenvalue weighted by atomic mass is 10.5. The number of carbonyl (C=O) groups is 2. The van der Waals surface area contributed by atoms with Gasteiger partial charge in [0.25, 0.3) is 0 Å². The highest BCUT2D eigenvalue weighted by Gasteiger charge is 2.25. The molecule has 2 aliphatic heterocycles. The van der Waals surface area contributed by atoms with Gasteiger partial charge in [-0.3, -0.25) is 18.2 Å². The van der Waals surface area contributed by atoms with E-state index in [-0.39, 0.29) is 16.5 Å². The number of rotatable bonds is 0. The topological polar surface area (TPSA) is 40.6 Å². The molecule has 2 saturated heterocycles. The van der Waals surface area contributed by atoms with Crippen LogP contribution in [0.1, 0.15) is 12.8 Å². The summed E-state index contributed by atoms with van der Waals surface area (Å²) in [6, 6.07) is 0. The second-order valence-corrected chi connectivity index (χ2v) is 6.41. The molecule has 2 fully saturated rings. The van der Waals surface area contributed by atoms with E-state index in [1.165, 1.54) is 11.9 Å². The SMILES string of the molecule is CN1SC(Cl)CC1=O.CN1SCCC1=O. The van der Waals surface area contributed by atoms with Gasteiger partial charge < -0.3 is 0 Å². The highest BCUT2D eigenvalue weighted by molar-refractivity contribution is 7.99. The summed E-state index contributed by atoms with van der Waals surface area (Å²) in [5.74, 6) is 1.34. The van der Waals surface area contributed by atoms with Gasteiger partial charge >= 0.3 is 0 Å². The summed E-state index contributed by atoms with van der Waals surface area (Å²) in [6.45, 7) is 0. The normalized spacial score (nSPS) is 25.7. The molecule has 0 saturated carbocycles. The van der Waals surface area contributed by atoms with Gasteiger partial charge in [0.05, 0.1) is 6.42 Å². The molecular weight excluding hydrogens is 256 g/mol. The molecule has 0 aromatic rings. The maximum absolute atomic E-state index is 10.6. The molecule has 0 bridgehead atoms. The molecule has 7 heteroatoms. The Kier molecular flexibility index (Phi) is 5.08. The van der Waals surface area contributed by atoms with E-state index in [0.717, 1.165) is 12.2 Å². The zero-order valence-electron chi connectivity index (χ0n) is 8.60. The van der Waals surface area contributed by atoms with Gasteiger partial charge in [0.1, 0.15) is 4.71 Å². The minimum atomic E-state index is -0.0347. The van der Waals surface area contributed by atoms with Gasteiger partial charge in [-0.25, -0.2) is 0 Å². The Labute approximate surface area is 103 Å². The molecule has 1 unspecified atom stereocenters. The Morgan fingerprint density at radius 2 is 1.93 bits per heavy atom. The fourth-order valence-electron chi connectivity index (χ4n) is 1.03.